The summed E-state index contributed by atoms with van der Waals surface area (Å²) in [5, 5.41) is 8.99. The predicted molar refractivity (Wildman–Crippen MR) is 88.9 cm³/mol. The topological polar surface area (TPSA) is 33.1 Å². The van der Waals surface area contributed by atoms with Gasteiger partial charge in [-0.25, -0.2) is 0 Å². The Hall–Kier alpha value is -0.580. The summed E-state index contributed by atoms with van der Waals surface area (Å²) in [5.41, 5.74) is 1.27. The van der Waals surface area contributed by atoms with E-state index in [1.54, 1.807) is 6.20 Å². The third-order valence-corrected chi connectivity index (χ3v) is 5.15. The first-order valence-electron chi connectivity index (χ1n) is 8.07. The molecule has 2 rings (SSSR count). The summed E-state index contributed by atoms with van der Waals surface area (Å²) in [4.78, 5) is 2.39. The van der Waals surface area contributed by atoms with Crippen molar-refractivity contribution in [3.63, 3.8) is 0 Å². The van der Waals surface area contributed by atoms with Crippen molar-refractivity contribution < 1.29 is 0 Å². The Kier molecular flexibility index (Phi) is 5.33. The Morgan fingerprint density at radius 3 is 2.48 bits per heavy atom. The lowest BCUT2D eigenvalue weighted by Gasteiger charge is -2.44. The SMILES string of the molecule is CCNC(c1c(Cl)cnn1C(C)C)C1(N(C)C)CCCC1. The highest BCUT2D eigenvalue weighted by atomic mass is 35.5. The van der Waals surface area contributed by atoms with Gasteiger partial charge in [-0.1, -0.05) is 31.4 Å². The second-order valence-electron chi connectivity index (χ2n) is 6.61. The fraction of sp³-hybridized carbons (Fsp3) is 0.812. The molecular weight excluding hydrogens is 284 g/mol. The van der Waals surface area contributed by atoms with E-state index in [2.05, 4.69) is 54.9 Å². The third kappa shape index (κ3) is 2.99. The molecule has 1 aliphatic carbocycles. The van der Waals surface area contributed by atoms with Gasteiger partial charge in [-0.2, -0.15) is 5.10 Å². The van der Waals surface area contributed by atoms with Crippen molar-refractivity contribution in [3.8, 4) is 0 Å². The maximum absolute atomic E-state index is 6.52. The van der Waals surface area contributed by atoms with Crippen LogP contribution in [0.15, 0.2) is 6.20 Å². The summed E-state index contributed by atoms with van der Waals surface area (Å²) >= 11 is 6.52. The van der Waals surface area contributed by atoms with Gasteiger partial charge < -0.3 is 10.2 Å². The molecule has 0 saturated heterocycles. The minimum absolute atomic E-state index is 0.131. The van der Waals surface area contributed by atoms with Gasteiger partial charge in [0.1, 0.15) is 0 Å². The maximum Gasteiger partial charge on any atom is 0.0835 e. The number of rotatable bonds is 6. The normalized spacial score (nSPS) is 19.6. The molecule has 5 heteroatoms. The lowest BCUT2D eigenvalue weighted by Crippen LogP contribution is -2.52. The first-order valence-corrected chi connectivity index (χ1v) is 8.45. The van der Waals surface area contributed by atoms with Gasteiger partial charge in [-0.15, -0.1) is 0 Å². The molecule has 0 spiro atoms. The first kappa shape index (κ1) is 16.8. The van der Waals surface area contributed by atoms with E-state index < -0.39 is 0 Å². The zero-order valence-electron chi connectivity index (χ0n) is 14.0. The number of hydrogen-bond acceptors (Lipinski definition) is 3. The van der Waals surface area contributed by atoms with Crippen LogP contribution in [0.2, 0.25) is 5.02 Å². The van der Waals surface area contributed by atoms with Crippen LogP contribution in [0.4, 0.5) is 0 Å². The number of nitrogens with one attached hydrogen (secondary N) is 1. The van der Waals surface area contributed by atoms with Gasteiger partial charge in [-0.3, -0.25) is 4.68 Å². The predicted octanol–water partition coefficient (Wildman–Crippen LogP) is 3.64. The lowest BCUT2D eigenvalue weighted by molar-refractivity contribution is 0.100. The van der Waals surface area contributed by atoms with E-state index in [1.165, 1.54) is 25.7 Å². The molecule has 0 bridgehead atoms. The van der Waals surface area contributed by atoms with Crippen LogP contribution in [-0.4, -0.2) is 40.9 Å². The maximum atomic E-state index is 6.52. The van der Waals surface area contributed by atoms with Crippen molar-refractivity contribution in [1.82, 2.24) is 20.0 Å². The number of hydrogen-bond donors (Lipinski definition) is 1. The second kappa shape index (κ2) is 6.67. The summed E-state index contributed by atoms with van der Waals surface area (Å²) in [7, 11) is 4.39. The Morgan fingerprint density at radius 2 is 2.00 bits per heavy atom. The Balaban J connectivity index is 2.50. The van der Waals surface area contributed by atoms with Crippen molar-refractivity contribution >= 4 is 11.6 Å². The van der Waals surface area contributed by atoms with Crippen LogP contribution >= 0.6 is 11.6 Å². The zero-order chi connectivity index (χ0) is 15.6. The van der Waals surface area contributed by atoms with Crippen LogP contribution in [0.25, 0.3) is 0 Å². The molecule has 0 radical (unpaired) electrons. The second-order valence-corrected chi connectivity index (χ2v) is 7.02. The molecule has 21 heavy (non-hydrogen) atoms. The average Bonchev–Trinajstić information content (AvgIpc) is 3.03. The highest BCUT2D eigenvalue weighted by molar-refractivity contribution is 6.31. The first-order chi connectivity index (χ1) is 9.94. The molecule has 1 aromatic heterocycles. The Bertz CT molecular complexity index is 461. The van der Waals surface area contributed by atoms with Crippen molar-refractivity contribution in [2.75, 3.05) is 20.6 Å². The van der Waals surface area contributed by atoms with E-state index >= 15 is 0 Å². The van der Waals surface area contributed by atoms with Gasteiger partial charge in [0, 0.05) is 11.6 Å². The van der Waals surface area contributed by atoms with Crippen molar-refractivity contribution in [1.29, 1.82) is 0 Å². The molecule has 0 aliphatic heterocycles. The third-order valence-electron chi connectivity index (χ3n) is 4.86. The molecule has 1 aliphatic rings. The summed E-state index contributed by atoms with van der Waals surface area (Å²) in [6.07, 6.45) is 6.77. The minimum atomic E-state index is 0.131. The average molecular weight is 313 g/mol. The molecule has 0 amide bonds. The van der Waals surface area contributed by atoms with E-state index in [4.69, 9.17) is 11.6 Å². The highest BCUT2D eigenvalue weighted by Gasteiger charge is 2.45. The number of likely N-dealkylation sites (N-methyl/N-ethyl adjacent to an activating group) is 2. The van der Waals surface area contributed by atoms with Crippen LogP contribution in [0.3, 0.4) is 0 Å². The molecule has 120 valence electrons. The molecule has 1 aromatic rings. The summed E-state index contributed by atoms with van der Waals surface area (Å²) in [5.74, 6) is 0. The van der Waals surface area contributed by atoms with Crippen molar-refractivity contribution in [2.24, 2.45) is 0 Å². The van der Waals surface area contributed by atoms with Gasteiger partial charge in [0.15, 0.2) is 0 Å². The molecule has 1 unspecified atom stereocenters. The summed E-state index contributed by atoms with van der Waals surface area (Å²) in [6, 6.07) is 0.534. The standard InChI is InChI=1S/C16H29ClN4/c1-6-18-15(16(20(4)5)9-7-8-10-16)14-13(17)11-19-21(14)12(2)3/h11-12,15,18H,6-10H2,1-5H3. The molecular formula is C16H29ClN4. The lowest BCUT2D eigenvalue weighted by atomic mass is 9.84. The fourth-order valence-electron chi connectivity index (χ4n) is 3.76. The van der Waals surface area contributed by atoms with Gasteiger partial charge in [0.25, 0.3) is 0 Å². The van der Waals surface area contributed by atoms with Crippen LogP contribution in [0.1, 0.15) is 64.2 Å². The summed E-state index contributed by atoms with van der Waals surface area (Å²) < 4.78 is 2.08. The van der Waals surface area contributed by atoms with Crippen molar-refractivity contribution in [3.05, 3.63) is 16.9 Å². The van der Waals surface area contributed by atoms with Crippen LogP contribution in [-0.2, 0) is 0 Å². The van der Waals surface area contributed by atoms with Crippen LogP contribution < -0.4 is 5.32 Å². The molecule has 4 nitrogen and oxygen atoms in total. The number of halogens is 1. The minimum Gasteiger partial charge on any atom is -0.307 e. The zero-order valence-corrected chi connectivity index (χ0v) is 14.7. The van der Waals surface area contributed by atoms with Gasteiger partial charge in [0.2, 0.25) is 0 Å². The van der Waals surface area contributed by atoms with Crippen molar-refractivity contribution in [2.45, 2.75) is 64.1 Å². The van der Waals surface area contributed by atoms with E-state index in [1.807, 2.05) is 0 Å². The molecule has 1 N–H and O–H groups in total. The summed E-state index contributed by atoms with van der Waals surface area (Å²) in [6.45, 7) is 7.41. The number of aromatic nitrogens is 2. The smallest absolute Gasteiger partial charge is 0.0835 e. The Morgan fingerprint density at radius 1 is 1.38 bits per heavy atom. The quantitative estimate of drug-likeness (QED) is 0.870. The molecule has 1 fully saturated rings. The molecule has 1 heterocycles. The van der Waals surface area contributed by atoms with Crippen LogP contribution in [0, 0.1) is 0 Å². The van der Waals surface area contributed by atoms with E-state index in [0.29, 0.717) is 6.04 Å². The highest BCUT2D eigenvalue weighted by Crippen LogP contribution is 2.45. The van der Waals surface area contributed by atoms with E-state index in [-0.39, 0.29) is 11.6 Å². The largest absolute Gasteiger partial charge is 0.307 e. The van der Waals surface area contributed by atoms with E-state index in [0.717, 1.165) is 17.3 Å². The van der Waals surface area contributed by atoms with E-state index in [9.17, 15) is 0 Å². The molecule has 0 aromatic carbocycles. The van der Waals surface area contributed by atoms with Gasteiger partial charge >= 0.3 is 0 Å². The molecule has 1 atom stereocenters. The fourth-order valence-corrected chi connectivity index (χ4v) is 4.00. The monoisotopic (exact) mass is 312 g/mol. The van der Waals surface area contributed by atoms with Crippen LogP contribution in [0.5, 0.6) is 0 Å². The molecule has 1 saturated carbocycles. The number of nitrogens with zero attached hydrogens (tertiary/aromatic N) is 3. The van der Waals surface area contributed by atoms with Gasteiger partial charge in [0.05, 0.1) is 23.0 Å². The van der Waals surface area contributed by atoms with Gasteiger partial charge in [-0.05, 0) is 47.3 Å². The Labute approximate surface area is 133 Å².